The highest BCUT2D eigenvalue weighted by atomic mass is 15.2. The van der Waals surface area contributed by atoms with E-state index in [1.807, 2.05) is 6.20 Å². The van der Waals surface area contributed by atoms with Crippen LogP contribution in [0.5, 0.6) is 0 Å². The molecule has 1 saturated carbocycles. The number of fused-ring (bicyclic) bond motifs is 1. The molecule has 1 saturated heterocycles. The molecule has 44 valence electrons. The molecule has 0 N–H and O–H groups in total. The zero-order valence-corrected chi connectivity index (χ0v) is 5.01. The molecule has 0 spiro atoms. The Morgan fingerprint density at radius 1 is 1.62 bits per heavy atom. The average Bonchev–Trinajstić information content (AvgIpc) is 2.46. The second-order valence-corrected chi connectivity index (χ2v) is 2.77. The van der Waals surface area contributed by atoms with Crippen LogP contribution in [0.4, 0.5) is 0 Å². The van der Waals surface area contributed by atoms with Crippen LogP contribution in [0.2, 0.25) is 0 Å². The molecule has 8 heavy (non-hydrogen) atoms. The zero-order valence-electron chi connectivity index (χ0n) is 5.01. The van der Waals surface area contributed by atoms with Crippen LogP contribution in [0.1, 0.15) is 12.8 Å². The molecule has 0 bridgehead atoms. The summed E-state index contributed by atoms with van der Waals surface area (Å²) >= 11 is 0. The van der Waals surface area contributed by atoms with Gasteiger partial charge in [0.1, 0.15) is 0 Å². The molecule has 0 aromatic heterocycles. The summed E-state index contributed by atoms with van der Waals surface area (Å²) in [4.78, 5) is 2.37. The Bertz CT molecular complexity index is 120. The third-order valence-corrected chi connectivity index (χ3v) is 2.30. The van der Waals surface area contributed by atoms with Crippen molar-refractivity contribution in [2.75, 3.05) is 6.54 Å². The summed E-state index contributed by atoms with van der Waals surface area (Å²) in [5.74, 6) is 1.05. The number of rotatable bonds is 1. The fourth-order valence-corrected chi connectivity index (χ4v) is 1.66. The molecule has 2 aliphatic rings. The third kappa shape index (κ3) is 0.417. The number of nitrogens with zero attached hydrogens (tertiary/aromatic N) is 1. The van der Waals surface area contributed by atoms with Crippen LogP contribution in [0, 0.1) is 5.92 Å². The van der Waals surface area contributed by atoms with E-state index in [2.05, 4.69) is 11.5 Å². The quantitative estimate of drug-likeness (QED) is 0.489. The van der Waals surface area contributed by atoms with Crippen LogP contribution in [0.15, 0.2) is 12.8 Å². The highest BCUT2D eigenvalue weighted by Gasteiger charge is 2.45. The van der Waals surface area contributed by atoms with E-state index in [9.17, 15) is 0 Å². The summed E-state index contributed by atoms with van der Waals surface area (Å²) in [6.45, 7) is 5.01. The molecular weight excluding hydrogens is 98.1 g/mol. The molecule has 1 aliphatic carbocycles. The fourth-order valence-electron chi connectivity index (χ4n) is 1.66. The molecule has 0 aromatic carbocycles. The lowest BCUT2D eigenvalue weighted by Crippen LogP contribution is -2.14. The predicted molar refractivity (Wildman–Crippen MR) is 33.4 cm³/mol. The Hall–Kier alpha value is -0.460. The van der Waals surface area contributed by atoms with Crippen molar-refractivity contribution in [2.24, 2.45) is 5.92 Å². The molecular formula is C7H11N. The summed E-state index contributed by atoms with van der Waals surface area (Å²) in [5, 5.41) is 0. The molecule has 2 unspecified atom stereocenters. The largest absolute Gasteiger partial charge is 0.375 e. The second-order valence-electron chi connectivity index (χ2n) is 2.77. The van der Waals surface area contributed by atoms with Crippen molar-refractivity contribution in [3.63, 3.8) is 0 Å². The minimum absolute atomic E-state index is 0.910. The van der Waals surface area contributed by atoms with Crippen LogP contribution < -0.4 is 0 Å². The average molecular weight is 109 g/mol. The van der Waals surface area contributed by atoms with Crippen LogP contribution in [-0.4, -0.2) is 17.5 Å². The molecule has 0 radical (unpaired) electrons. The first-order valence-corrected chi connectivity index (χ1v) is 3.30. The van der Waals surface area contributed by atoms with Gasteiger partial charge in [-0.1, -0.05) is 6.58 Å². The third-order valence-electron chi connectivity index (χ3n) is 2.30. The van der Waals surface area contributed by atoms with E-state index in [0.717, 1.165) is 12.0 Å². The van der Waals surface area contributed by atoms with Gasteiger partial charge in [0.2, 0.25) is 0 Å². The lowest BCUT2D eigenvalue weighted by atomic mass is 10.3. The first-order chi connectivity index (χ1) is 3.92. The van der Waals surface area contributed by atoms with E-state index >= 15 is 0 Å². The molecule has 1 nitrogen and oxygen atoms in total. The maximum absolute atomic E-state index is 3.75. The zero-order chi connectivity index (χ0) is 5.56. The van der Waals surface area contributed by atoms with Gasteiger partial charge < -0.3 is 4.90 Å². The smallest absolute Gasteiger partial charge is 0.0317 e. The molecule has 0 aromatic rings. The summed E-state index contributed by atoms with van der Waals surface area (Å²) < 4.78 is 0. The Morgan fingerprint density at radius 2 is 2.50 bits per heavy atom. The van der Waals surface area contributed by atoms with Crippen molar-refractivity contribution in [3.05, 3.63) is 12.8 Å². The van der Waals surface area contributed by atoms with Crippen molar-refractivity contribution >= 4 is 0 Å². The van der Waals surface area contributed by atoms with Gasteiger partial charge in [0.15, 0.2) is 0 Å². The SMILES string of the molecule is C=CN1CCC2CC21. The van der Waals surface area contributed by atoms with Crippen molar-refractivity contribution in [1.82, 2.24) is 4.90 Å². The number of likely N-dealkylation sites (tertiary alicyclic amines) is 1. The van der Waals surface area contributed by atoms with Gasteiger partial charge in [-0.15, -0.1) is 0 Å². The number of hydrogen-bond donors (Lipinski definition) is 0. The van der Waals surface area contributed by atoms with Crippen LogP contribution in [0.3, 0.4) is 0 Å². The molecule has 1 heteroatoms. The maximum atomic E-state index is 3.75. The second kappa shape index (κ2) is 1.28. The summed E-state index contributed by atoms with van der Waals surface area (Å²) in [6.07, 6.45) is 4.83. The monoisotopic (exact) mass is 109 g/mol. The van der Waals surface area contributed by atoms with E-state index in [0.29, 0.717) is 0 Å². The van der Waals surface area contributed by atoms with E-state index in [4.69, 9.17) is 0 Å². The number of hydrogen-bond acceptors (Lipinski definition) is 1. The van der Waals surface area contributed by atoms with Crippen molar-refractivity contribution < 1.29 is 0 Å². The van der Waals surface area contributed by atoms with E-state index in [1.54, 1.807) is 0 Å². The van der Waals surface area contributed by atoms with Gasteiger partial charge in [0.05, 0.1) is 0 Å². The topological polar surface area (TPSA) is 3.24 Å². The Balaban J connectivity index is 2.06. The minimum Gasteiger partial charge on any atom is -0.375 e. The van der Waals surface area contributed by atoms with Crippen molar-refractivity contribution in [3.8, 4) is 0 Å². The molecule has 2 fully saturated rings. The molecule has 1 aliphatic heterocycles. The first kappa shape index (κ1) is 4.42. The molecule has 0 amide bonds. The fraction of sp³-hybridized carbons (Fsp3) is 0.714. The van der Waals surface area contributed by atoms with E-state index < -0.39 is 0 Å². The lowest BCUT2D eigenvalue weighted by molar-refractivity contribution is 0.416. The Labute approximate surface area is 50.0 Å². The van der Waals surface area contributed by atoms with Crippen molar-refractivity contribution in [1.29, 1.82) is 0 Å². The highest BCUT2D eigenvalue weighted by Crippen LogP contribution is 2.44. The van der Waals surface area contributed by atoms with Crippen molar-refractivity contribution in [2.45, 2.75) is 18.9 Å². The van der Waals surface area contributed by atoms with Crippen LogP contribution in [-0.2, 0) is 0 Å². The van der Waals surface area contributed by atoms with Gasteiger partial charge in [-0.3, -0.25) is 0 Å². The van der Waals surface area contributed by atoms with Gasteiger partial charge in [0.25, 0.3) is 0 Å². The summed E-state index contributed by atoms with van der Waals surface area (Å²) in [6, 6.07) is 0.910. The van der Waals surface area contributed by atoms with Crippen LogP contribution >= 0.6 is 0 Å². The number of piperidine rings is 1. The first-order valence-electron chi connectivity index (χ1n) is 3.30. The molecule has 1 heterocycles. The molecule has 2 atom stereocenters. The maximum Gasteiger partial charge on any atom is 0.0317 e. The van der Waals surface area contributed by atoms with Gasteiger partial charge >= 0.3 is 0 Å². The van der Waals surface area contributed by atoms with Gasteiger partial charge in [0, 0.05) is 12.6 Å². The lowest BCUT2D eigenvalue weighted by Gasteiger charge is -2.12. The predicted octanol–water partition coefficient (Wildman–Crippen LogP) is 1.22. The standard InChI is InChI=1S/C7H11N/c1-2-8-4-3-6-5-7(6)8/h2,6-7H,1,3-5H2. The Morgan fingerprint density at radius 3 is 2.75 bits per heavy atom. The van der Waals surface area contributed by atoms with E-state index in [-0.39, 0.29) is 0 Å². The van der Waals surface area contributed by atoms with E-state index in [1.165, 1.54) is 19.4 Å². The Kier molecular flexibility index (Phi) is 0.706. The van der Waals surface area contributed by atoms with Gasteiger partial charge in [-0.2, -0.15) is 0 Å². The highest BCUT2D eigenvalue weighted by molar-refractivity contribution is 5.03. The normalized spacial score (nSPS) is 41.8. The summed E-state index contributed by atoms with van der Waals surface area (Å²) in [7, 11) is 0. The minimum atomic E-state index is 0.910. The summed E-state index contributed by atoms with van der Waals surface area (Å²) in [5.41, 5.74) is 0. The van der Waals surface area contributed by atoms with Gasteiger partial charge in [-0.05, 0) is 25.0 Å². The molecule has 2 rings (SSSR count). The van der Waals surface area contributed by atoms with Gasteiger partial charge in [-0.25, -0.2) is 0 Å². The van der Waals surface area contributed by atoms with Crippen LogP contribution in [0.25, 0.3) is 0 Å².